The number of thiophene rings is 1. The molecule has 0 radical (unpaired) electrons. The van der Waals surface area contributed by atoms with Crippen molar-refractivity contribution in [2.75, 3.05) is 17.7 Å². The lowest BCUT2D eigenvalue weighted by atomic mass is 10.1. The van der Waals surface area contributed by atoms with Gasteiger partial charge in [-0.15, -0.1) is 11.3 Å². The summed E-state index contributed by atoms with van der Waals surface area (Å²) in [5, 5.41) is 6.68. The predicted octanol–water partition coefficient (Wildman–Crippen LogP) is 3.08. The van der Waals surface area contributed by atoms with Gasteiger partial charge in [0.25, 0.3) is 0 Å². The maximum absolute atomic E-state index is 6.28. The van der Waals surface area contributed by atoms with Crippen molar-refractivity contribution >= 4 is 22.8 Å². The van der Waals surface area contributed by atoms with Crippen LogP contribution in [0.15, 0.2) is 17.5 Å². The van der Waals surface area contributed by atoms with Crippen molar-refractivity contribution in [2.24, 2.45) is 7.05 Å². The summed E-state index contributed by atoms with van der Waals surface area (Å²) in [5.41, 5.74) is 8.12. The highest BCUT2D eigenvalue weighted by Crippen LogP contribution is 2.28. The number of nitrogen functional groups attached to an aromatic ring is 1. The van der Waals surface area contributed by atoms with E-state index < -0.39 is 0 Å². The molecular weight excluding hydrogens is 268 g/mol. The van der Waals surface area contributed by atoms with Crippen molar-refractivity contribution in [1.82, 2.24) is 9.78 Å². The van der Waals surface area contributed by atoms with Crippen LogP contribution in [0.4, 0.5) is 11.5 Å². The van der Waals surface area contributed by atoms with Gasteiger partial charge in [0, 0.05) is 31.4 Å². The minimum Gasteiger partial charge on any atom is -0.394 e. The standard InChI is InChI=1S/C15H24N4S/c1-5-7-13-14(16)15(19(4)17-13)18(3)11(2)10-12-8-6-9-20-12/h6,8-9,11H,5,7,10,16H2,1-4H3. The minimum absolute atomic E-state index is 0.390. The first kappa shape index (κ1) is 14.9. The van der Waals surface area contributed by atoms with E-state index in [1.807, 2.05) is 11.7 Å². The van der Waals surface area contributed by atoms with Crippen LogP contribution in [0.25, 0.3) is 0 Å². The number of nitrogens with zero attached hydrogens (tertiary/aromatic N) is 3. The van der Waals surface area contributed by atoms with E-state index in [1.54, 1.807) is 11.3 Å². The van der Waals surface area contributed by atoms with E-state index >= 15 is 0 Å². The Bertz CT molecular complexity index is 544. The van der Waals surface area contributed by atoms with E-state index in [2.05, 4.69) is 48.4 Å². The second-order valence-corrected chi connectivity index (χ2v) is 6.33. The van der Waals surface area contributed by atoms with Crippen molar-refractivity contribution < 1.29 is 0 Å². The van der Waals surface area contributed by atoms with Crippen LogP contribution in [0, 0.1) is 0 Å². The summed E-state index contributed by atoms with van der Waals surface area (Å²) in [6.07, 6.45) is 3.03. The van der Waals surface area contributed by atoms with Gasteiger partial charge in [0.05, 0.1) is 11.4 Å². The summed E-state index contributed by atoms with van der Waals surface area (Å²) in [7, 11) is 4.07. The van der Waals surface area contributed by atoms with Crippen molar-refractivity contribution in [2.45, 2.75) is 39.2 Å². The molecule has 0 saturated carbocycles. The van der Waals surface area contributed by atoms with E-state index in [9.17, 15) is 0 Å². The molecule has 0 aromatic carbocycles. The summed E-state index contributed by atoms with van der Waals surface area (Å²) >= 11 is 1.81. The molecule has 0 bridgehead atoms. The third-order valence-corrected chi connectivity index (χ3v) is 4.59. The third-order valence-electron chi connectivity index (χ3n) is 3.69. The van der Waals surface area contributed by atoms with Gasteiger partial charge in [-0.1, -0.05) is 19.4 Å². The predicted molar refractivity (Wildman–Crippen MR) is 87.5 cm³/mol. The molecule has 2 heterocycles. The number of nitrogens with two attached hydrogens (primary N) is 1. The van der Waals surface area contributed by atoms with Gasteiger partial charge >= 0.3 is 0 Å². The zero-order chi connectivity index (χ0) is 14.7. The molecule has 1 atom stereocenters. The van der Waals surface area contributed by atoms with Gasteiger partial charge in [0.1, 0.15) is 5.82 Å². The van der Waals surface area contributed by atoms with Crippen LogP contribution in [-0.2, 0) is 19.9 Å². The van der Waals surface area contributed by atoms with Gasteiger partial charge < -0.3 is 10.6 Å². The molecule has 0 spiro atoms. The summed E-state index contributed by atoms with van der Waals surface area (Å²) in [6, 6.07) is 4.68. The number of hydrogen-bond acceptors (Lipinski definition) is 4. The third kappa shape index (κ3) is 2.98. The monoisotopic (exact) mass is 292 g/mol. The highest BCUT2D eigenvalue weighted by Gasteiger charge is 2.20. The first-order chi connectivity index (χ1) is 9.54. The molecule has 1 unspecified atom stereocenters. The smallest absolute Gasteiger partial charge is 0.150 e. The van der Waals surface area contributed by atoms with Crippen LogP contribution >= 0.6 is 11.3 Å². The molecule has 2 rings (SSSR count). The number of likely N-dealkylation sites (N-methyl/N-ethyl adjacent to an activating group) is 1. The van der Waals surface area contributed by atoms with E-state index in [0.717, 1.165) is 36.5 Å². The molecule has 0 aliphatic rings. The lowest BCUT2D eigenvalue weighted by Crippen LogP contribution is -2.32. The van der Waals surface area contributed by atoms with Gasteiger partial charge in [0.15, 0.2) is 0 Å². The Morgan fingerprint density at radius 1 is 1.50 bits per heavy atom. The van der Waals surface area contributed by atoms with Gasteiger partial charge in [-0.25, -0.2) is 0 Å². The molecule has 2 N–H and O–H groups in total. The fourth-order valence-corrected chi connectivity index (χ4v) is 3.32. The quantitative estimate of drug-likeness (QED) is 0.890. The number of anilines is 2. The highest BCUT2D eigenvalue weighted by molar-refractivity contribution is 7.09. The van der Waals surface area contributed by atoms with Crippen molar-refractivity contribution in [3.05, 3.63) is 28.1 Å². The molecule has 0 fully saturated rings. The molecule has 0 amide bonds. The molecular formula is C15H24N4S. The molecule has 110 valence electrons. The van der Waals surface area contributed by atoms with E-state index in [1.165, 1.54) is 4.88 Å². The molecule has 0 aliphatic heterocycles. The topological polar surface area (TPSA) is 47.1 Å². The second-order valence-electron chi connectivity index (χ2n) is 5.30. The molecule has 0 aliphatic carbocycles. The maximum atomic E-state index is 6.28. The SMILES string of the molecule is CCCc1nn(C)c(N(C)C(C)Cc2cccs2)c1N. The van der Waals surface area contributed by atoms with Crippen LogP contribution in [0.5, 0.6) is 0 Å². The average Bonchev–Trinajstić information content (AvgIpc) is 2.99. The van der Waals surface area contributed by atoms with Crippen LogP contribution in [-0.4, -0.2) is 22.9 Å². The normalized spacial score (nSPS) is 12.6. The Balaban J connectivity index is 2.17. The lowest BCUT2D eigenvalue weighted by Gasteiger charge is -2.27. The van der Waals surface area contributed by atoms with E-state index in [0.29, 0.717) is 6.04 Å². The zero-order valence-corrected chi connectivity index (χ0v) is 13.6. The highest BCUT2D eigenvalue weighted by atomic mass is 32.1. The van der Waals surface area contributed by atoms with Gasteiger partial charge in [-0.05, 0) is 24.8 Å². The van der Waals surface area contributed by atoms with Crippen LogP contribution in [0.3, 0.4) is 0 Å². The second kappa shape index (κ2) is 6.31. The number of rotatable bonds is 6. The molecule has 2 aromatic rings. The summed E-state index contributed by atoms with van der Waals surface area (Å²) in [6.45, 7) is 4.38. The van der Waals surface area contributed by atoms with E-state index in [4.69, 9.17) is 5.73 Å². The molecule has 4 nitrogen and oxygen atoms in total. The van der Waals surface area contributed by atoms with Gasteiger partial charge in [-0.3, -0.25) is 4.68 Å². The van der Waals surface area contributed by atoms with Crippen molar-refractivity contribution in [3.8, 4) is 0 Å². The fraction of sp³-hybridized carbons (Fsp3) is 0.533. The van der Waals surface area contributed by atoms with Gasteiger partial charge in [0.2, 0.25) is 0 Å². The van der Waals surface area contributed by atoms with Gasteiger partial charge in [-0.2, -0.15) is 5.10 Å². The Hall–Kier alpha value is -1.49. The summed E-state index contributed by atoms with van der Waals surface area (Å²) in [4.78, 5) is 3.64. The van der Waals surface area contributed by atoms with Crippen LogP contribution in [0.1, 0.15) is 30.8 Å². The molecule has 5 heteroatoms. The summed E-state index contributed by atoms with van der Waals surface area (Å²) in [5.74, 6) is 1.03. The minimum atomic E-state index is 0.390. The lowest BCUT2D eigenvalue weighted by molar-refractivity contribution is 0.644. The molecule has 20 heavy (non-hydrogen) atoms. The Morgan fingerprint density at radius 2 is 2.25 bits per heavy atom. The first-order valence-corrected chi connectivity index (χ1v) is 7.99. The zero-order valence-electron chi connectivity index (χ0n) is 12.8. The van der Waals surface area contributed by atoms with Crippen molar-refractivity contribution in [3.63, 3.8) is 0 Å². The summed E-state index contributed by atoms with van der Waals surface area (Å²) < 4.78 is 1.91. The van der Waals surface area contributed by atoms with Crippen LogP contribution in [0.2, 0.25) is 0 Å². The van der Waals surface area contributed by atoms with E-state index in [-0.39, 0.29) is 0 Å². The molecule has 0 saturated heterocycles. The Kier molecular flexibility index (Phi) is 4.70. The number of hydrogen-bond donors (Lipinski definition) is 1. The number of aromatic nitrogens is 2. The van der Waals surface area contributed by atoms with Crippen molar-refractivity contribution in [1.29, 1.82) is 0 Å². The fourth-order valence-electron chi connectivity index (χ4n) is 2.49. The maximum Gasteiger partial charge on any atom is 0.150 e. The molecule has 2 aromatic heterocycles. The first-order valence-electron chi connectivity index (χ1n) is 7.11. The number of aryl methyl sites for hydroxylation is 2. The largest absolute Gasteiger partial charge is 0.394 e. The average molecular weight is 292 g/mol. The Labute approximate surface area is 125 Å². The van der Waals surface area contributed by atoms with Crippen LogP contribution < -0.4 is 10.6 Å². The Morgan fingerprint density at radius 3 is 2.85 bits per heavy atom.